The molecule has 0 bridgehead atoms. The van der Waals surface area contributed by atoms with Gasteiger partial charge >= 0.3 is 0 Å². The lowest BCUT2D eigenvalue weighted by Gasteiger charge is -2.51. The van der Waals surface area contributed by atoms with E-state index in [4.69, 9.17) is 80.5 Å². The number of amides is 2. The number of aliphatic hydroxyl groups is 27. The summed E-state index contributed by atoms with van der Waals surface area (Å²) in [5.41, 5.74) is 0. The van der Waals surface area contributed by atoms with Gasteiger partial charge in [0.1, 0.15) is 220 Å². The van der Waals surface area contributed by atoms with E-state index in [1.807, 2.05) is 0 Å². The van der Waals surface area contributed by atoms with Crippen LogP contribution in [0.15, 0.2) is 0 Å². The summed E-state index contributed by atoms with van der Waals surface area (Å²) in [5, 5.41) is 302. The summed E-state index contributed by atoms with van der Waals surface area (Å²) in [6.07, 6.45) is -91.3. The highest BCUT2D eigenvalue weighted by Crippen LogP contribution is 2.40. The first-order valence-corrected chi connectivity index (χ1v) is 33.7. The Morgan fingerprint density at radius 3 is 0.906 bits per heavy atom. The molecular weight excluding hydrogens is 1460 g/mol. The maximum absolute atomic E-state index is 12.8. The van der Waals surface area contributed by atoms with Gasteiger partial charge in [-0.2, -0.15) is 0 Å². The molecule has 1 unspecified atom stereocenters. The molecule has 29 N–H and O–H groups in total. The quantitative estimate of drug-likeness (QED) is 0.0363. The molecule has 616 valence electrons. The molecule has 9 saturated heterocycles. The second-order valence-electron chi connectivity index (χ2n) is 26.7. The van der Waals surface area contributed by atoms with Gasteiger partial charge in [-0.25, -0.2) is 0 Å². The first-order valence-electron chi connectivity index (χ1n) is 33.7. The summed E-state index contributed by atoms with van der Waals surface area (Å²) in [5.74, 6) is -1.69. The Labute approximate surface area is 598 Å². The first kappa shape index (κ1) is 87.2. The van der Waals surface area contributed by atoms with Crippen LogP contribution in [0.3, 0.4) is 0 Å². The second kappa shape index (κ2) is 37.9. The summed E-state index contributed by atoms with van der Waals surface area (Å²) in [6.45, 7) is -7.79. The molecule has 0 radical (unpaired) electrons. The van der Waals surface area contributed by atoms with E-state index in [1.54, 1.807) is 0 Å². The molecule has 45 atom stereocenters. The van der Waals surface area contributed by atoms with Crippen molar-refractivity contribution < 1.29 is 228 Å². The lowest BCUT2D eigenvalue weighted by atomic mass is 9.94. The van der Waals surface area contributed by atoms with Crippen molar-refractivity contribution in [1.82, 2.24) is 10.6 Å². The lowest BCUT2D eigenvalue weighted by Crippen LogP contribution is -2.70. The van der Waals surface area contributed by atoms with Crippen molar-refractivity contribution in [3.05, 3.63) is 0 Å². The zero-order chi connectivity index (χ0) is 77.9. The van der Waals surface area contributed by atoms with Gasteiger partial charge in [0.2, 0.25) is 11.8 Å². The molecule has 9 fully saturated rings. The molecule has 106 heavy (non-hydrogen) atoms. The van der Waals surface area contributed by atoms with E-state index < -0.39 is 348 Å². The molecule has 0 aromatic heterocycles. The fraction of sp³-hybridized carbons (Fsp3) is 0.966. The van der Waals surface area contributed by atoms with E-state index in [9.17, 15) is 147 Å². The van der Waals surface area contributed by atoms with Gasteiger partial charge in [-0.05, 0) is 0 Å². The molecule has 9 rings (SSSR count). The minimum Gasteiger partial charge on any atom is -0.394 e. The lowest BCUT2D eigenvalue weighted by molar-refractivity contribution is -0.413. The molecule has 0 aliphatic carbocycles. The maximum Gasteiger partial charge on any atom is 0.217 e. The molecule has 0 spiro atoms. The maximum atomic E-state index is 12.8. The smallest absolute Gasteiger partial charge is 0.217 e. The van der Waals surface area contributed by atoms with Crippen LogP contribution in [-0.2, 0) is 90.1 Å². The molecule has 0 aromatic carbocycles. The summed E-state index contributed by atoms with van der Waals surface area (Å²) in [6, 6.07) is -3.50. The van der Waals surface area contributed by atoms with E-state index in [-0.39, 0.29) is 0 Å². The fourth-order valence-corrected chi connectivity index (χ4v) is 13.6. The third-order valence-electron chi connectivity index (χ3n) is 19.6. The number of ether oxygens (including phenoxy) is 17. The minimum absolute atomic E-state index is 0.772. The van der Waals surface area contributed by atoms with Gasteiger partial charge in [-0.1, -0.05) is 0 Å². The molecular formula is C58H98N2O46. The van der Waals surface area contributed by atoms with Crippen molar-refractivity contribution in [1.29, 1.82) is 0 Å². The molecule has 9 aliphatic heterocycles. The number of aliphatic hydroxyl groups excluding tert-OH is 27. The monoisotopic (exact) mass is 1560 g/mol. The highest BCUT2D eigenvalue weighted by Gasteiger charge is 2.61. The van der Waals surface area contributed by atoms with Crippen molar-refractivity contribution in [3.63, 3.8) is 0 Å². The molecule has 48 heteroatoms. The first-order chi connectivity index (χ1) is 50.2. The van der Waals surface area contributed by atoms with E-state index >= 15 is 0 Å². The SMILES string of the molecule is CC(=O)N[C@H]1[C@H](O[C@H]2[C@H](O)[C@@H](NC(C)=O)C(O)O[C@@H]2CO)O[C@H](CO)[C@@H](O[C@@H]2O[C@H](CO[C@H]3O[C@H](CO)[C@@H](O)[C@H](O)[C@@H]3O)[C@@H](O)[C@H](O[C@H]3O[C@H](CO)[C@@H](O)[C@H](O)[C@@H]3O[C@H]3O[C@H](CO)[C@@H](O)[C@H](O)[C@@H]3O[C@H]3O[C@H](CO)[C@@H](O)[C@H](O[C@H]4O[C@H](CO)[C@@H](O)[C@H](O)[C@H]4O[C@H]4O[C@H](CO)[C@@H](O)[C@H](O)[C@H]4O)[C@@H]3O)[C@@H]2O)[C@@H]1O. The van der Waals surface area contributed by atoms with Crippen LogP contribution in [0.5, 0.6) is 0 Å². The summed E-state index contributed by atoms with van der Waals surface area (Å²) in [4.78, 5) is 24.9. The van der Waals surface area contributed by atoms with Crippen LogP contribution >= 0.6 is 0 Å². The van der Waals surface area contributed by atoms with E-state index in [1.165, 1.54) is 0 Å². The largest absolute Gasteiger partial charge is 0.394 e. The standard InChI is InChI=1S/C58H98N2O46/c1-12(69)59-23-32(78)43(20(9-67)91-50(23)89)100-51-24(60-13(2)70)33(79)44(21(10-68)98-51)101-55-42(88)46(31(77)22(99-55)11-90-52-39(85)34(80)25(71)14(3-61)92-52)103-57-49(38(84)29(75)17(6-64)96-57)106-58-48(37(83)28(74)18(7-65)97-58)105-54-41(87)45(30(76)19(8-66)94-54)102-56-47(36(82)27(73)16(5-63)95-56)104-53-40(86)35(81)26(72)15(4-62)93-53/h14-58,61-68,71-89H,3-11H2,1-2H3,(H,59,69)(H,60,70)/t14-,15-,16-,17-,18-,19-,20-,21-,22-,23-,24-,25-,26-,27-,28-,29-,30-,31-,32-,33-,34+,35+,36+,37+,38+,39+,40-,41+,42+,43-,44-,45+,46+,47-,48+,49+,50?,51+,52+,53-,54-,55+,56-,57-,58-/m1/s1. The van der Waals surface area contributed by atoms with Crippen LogP contribution in [-0.4, -0.2) is 485 Å². The van der Waals surface area contributed by atoms with Crippen molar-refractivity contribution in [2.75, 3.05) is 59.5 Å². The van der Waals surface area contributed by atoms with Gasteiger partial charge in [0, 0.05) is 13.8 Å². The Bertz CT molecular complexity index is 2710. The molecule has 0 saturated carbocycles. The number of carbonyl (C=O) groups is 2. The van der Waals surface area contributed by atoms with Gasteiger partial charge in [0.05, 0.1) is 59.5 Å². The predicted octanol–water partition coefficient (Wildman–Crippen LogP) is -20.3. The third kappa shape index (κ3) is 18.5. The van der Waals surface area contributed by atoms with Gasteiger partial charge in [-0.3, -0.25) is 9.59 Å². The molecule has 9 heterocycles. The Morgan fingerprint density at radius 2 is 0.509 bits per heavy atom. The summed E-state index contributed by atoms with van der Waals surface area (Å²) in [7, 11) is 0. The van der Waals surface area contributed by atoms with Gasteiger partial charge in [-0.15, -0.1) is 0 Å². The molecule has 48 nitrogen and oxygen atoms in total. The van der Waals surface area contributed by atoms with Gasteiger partial charge < -0.3 is 229 Å². The Morgan fingerprint density at radius 1 is 0.245 bits per heavy atom. The van der Waals surface area contributed by atoms with Crippen molar-refractivity contribution in [2.24, 2.45) is 0 Å². The highest BCUT2D eigenvalue weighted by molar-refractivity contribution is 5.73. The Balaban J connectivity index is 1.01. The van der Waals surface area contributed by atoms with E-state index in [2.05, 4.69) is 10.6 Å². The number of rotatable bonds is 27. The van der Waals surface area contributed by atoms with E-state index in [0.29, 0.717) is 0 Å². The Hall–Kier alpha value is -2.82. The Kier molecular flexibility index (Phi) is 31.1. The molecule has 2 amide bonds. The molecule has 9 aliphatic rings. The van der Waals surface area contributed by atoms with Crippen molar-refractivity contribution in [2.45, 2.75) is 290 Å². The van der Waals surface area contributed by atoms with Crippen LogP contribution in [0, 0.1) is 0 Å². The number of carbonyl (C=O) groups excluding carboxylic acids is 2. The fourth-order valence-electron chi connectivity index (χ4n) is 13.6. The van der Waals surface area contributed by atoms with Crippen LogP contribution in [0.1, 0.15) is 13.8 Å². The molecule has 0 aromatic rings. The van der Waals surface area contributed by atoms with Gasteiger partial charge in [0.25, 0.3) is 0 Å². The average Bonchev–Trinajstić information content (AvgIpc) is 0.771. The van der Waals surface area contributed by atoms with E-state index in [0.717, 1.165) is 13.8 Å². The summed E-state index contributed by atoms with van der Waals surface area (Å²) < 4.78 is 98.9. The summed E-state index contributed by atoms with van der Waals surface area (Å²) >= 11 is 0. The third-order valence-corrected chi connectivity index (χ3v) is 19.6. The van der Waals surface area contributed by atoms with Crippen LogP contribution in [0.2, 0.25) is 0 Å². The zero-order valence-corrected chi connectivity index (χ0v) is 56.2. The highest BCUT2D eigenvalue weighted by atomic mass is 16.8. The van der Waals surface area contributed by atoms with Crippen LogP contribution in [0.25, 0.3) is 0 Å². The zero-order valence-electron chi connectivity index (χ0n) is 56.2. The van der Waals surface area contributed by atoms with Crippen molar-refractivity contribution in [3.8, 4) is 0 Å². The van der Waals surface area contributed by atoms with Crippen LogP contribution < -0.4 is 10.6 Å². The minimum atomic E-state index is -2.53. The topological polar surface area (TPSA) is 761 Å². The average molecular weight is 1560 g/mol. The number of nitrogens with one attached hydrogen (secondary N) is 2. The van der Waals surface area contributed by atoms with Crippen LogP contribution in [0.4, 0.5) is 0 Å². The van der Waals surface area contributed by atoms with Gasteiger partial charge in [0.15, 0.2) is 56.6 Å². The van der Waals surface area contributed by atoms with Crippen molar-refractivity contribution >= 4 is 11.8 Å². The normalized spacial score (nSPS) is 51.2. The predicted molar refractivity (Wildman–Crippen MR) is 320 cm³/mol. The number of hydrogen-bond acceptors (Lipinski definition) is 46. The second-order valence-corrected chi connectivity index (χ2v) is 26.7. The number of hydrogen-bond donors (Lipinski definition) is 29.